The minimum atomic E-state index is -0.158. The van der Waals surface area contributed by atoms with E-state index in [1.165, 1.54) is 5.56 Å². The zero-order valence-corrected chi connectivity index (χ0v) is 16.8. The summed E-state index contributed by atoms with van der Waals surface area (Å²) in [6.45, 7) is 4.58. The maximum absolute atomic E-state index is 12.8. The van der Waals surface area contributed by atoms with Gasteiger partial charge in [0.25, 0.3) is 5.91 Å². The second-order valence-corrected chi connectivity index (χ2v) is 8.03. The van der Waals surface area contributed by atoms with E-state index in [1.807, 2.05) is 18.0 Å². The third kappa shape index (κ3) is 3.84. The monoisotopic (exact) mass is 382 g/mol. The summed E-state index contributed by atoms with van der Waals surface area (Å²) in [4.78, 5) is 14.8. The molecule has 3 heterocycles. The van der Waals surface area contributed by atoms with Crippen LogP contribution in [0.4, 0.5) is 0 Å². The Bertz CT molecular complexity index is 796. The number of amides is 1. The molecule has 2 fully saturated rings. The van der Waals surface area contributed by atoms with E-state index >= 15 is 0 Å². The van der Waals surface area contributed by atoms with Gasteiger partial charge in [0.2, 0.25) is 0 Å². The lowest BCUT2D eigenvalue weighted by atomic mass is 9.79. The van der Waals surface area contributed by atoms with E-state index in [0.717, 1.165) is 45.3 Å². The highest BCUT2D eigenvalue weighted by atomic mass is 16.5. The van der Waals surface area contributed by atoms with Gasteiger partial charge in [0.15, 0.2) is 0 Å². The lowest BCUT2D eigenvalue weighted by Crippen LogP contribution is -2.54. The lowest BCUT2D eigenvalue weighted by Gasteiger charge is -2.49. The van der Waals surface area contributed by atoms with E-state index in [2.05, 4.69) is 41.6 Å². The van der Waals surface area contributed by atoms with E-state index in [-0.39, 0.29) is 17.6 Å². The third-order valence-corrected chi connectivity index (χ3v) is 6.18. The maximum atomic E-state index is 12.8. The first-order chi connectivity index (χ1) is 13.6. The van der Waals surface area contributed by atoms with Crippen LogP contribution in [0.15, 0.2) is 42.6 Å². The Morgan fingerprint density at radius 2 is 2.00 bits per heavy atom. The van der Waals surface area contributed by atoms with Crippen LogP contribution in [0.25, 0.3) is 0 Å². The van der Waals surface area contributed by atoms with Gasteiger partial charge in [0, 0.05) is 32.4 Å². The molecule has 4 rings (SSSR count). The first-order valence-corrected chi connectivity index (χ1v) is 10.3. The van der Waals surface area contributed by atoms with Crippen LogP contribution in [0.2, 0.25) is 0 Å². The number of nitrogens with one attached hydrogen (secondary N) is 1. The van der Waals surface area contributed by atoms with Crippen molar-refractivity contribution in [2.24, 2.45) is 7.05 Å². The summed E-state index contributed by atoms with van der Waals surface area (Å²) in [6, 6.07) is 12.8. The minimum absolute atomic E-state index is 0.0634. The maximum Gasteiger partial charge on any atom is 0.272 e. The van der Waals surface area contributed by atoms with E-state index in [9.17, 15) is 4.79 Å². The Hall–Kier alpha value is -2.18. The van der Waals surface area contributed by atoms with Crippen LogP contribution >= 0.6 is 0 Å². The van der Waals surface area contributed by atoms with E-state index < -0.39 is 0 Å². The van der Waals surface area contributed by atoms with Crippen molar-refractivity contribution in [1.29, 1.82) is 0 Å². The fourth-order valence-electron chi connectivity index (χ4n) is 4.69. The number of benzene rings is 1. The van der Waals surface area contributed by atoms with Gasteiger partial charge in [0.1, 0.15) is 5.69 Å². The van der Waals surface area contributed by atoms with Crippen molar-refractivity contribution in [2.45, 2.75) is 50.4 Å². The predicted octanol–water partition coefficient (Wildman–Crippen LogP) is 2.92. The number of rotatable bonds is 4. The molecule has 2 aromatic rings. The Labute approximate surface area is 166 Å². The highest BCUT2D eigenvalue weighted by Gasteiger charge is 2.44. The average Bonchev–Trinajstić information content (AvgIpc) is 3.14. The predicted molar refractivity (Wildman–Crippen MR) is 108 cm³/mol. The molecule has 0 bridgehead atoms. The Balaban J connectivity index is 1.48. The Morgan fingerprint density at radius 1 is 1.25 bits per heavy atom. The van der Waals surface area contributed by atoms with Crippen LogP contribution in [0.1, 0.15) is 54.8 Å². The number of carbonyl (C=O) groups is 1. The topological polar surface area (TPSA) is 59.4 Å². The molecule has 1 amide bonds. The first-order valence-electron chi connectivity index (χ1n) is 10.3. The minimum Gasteiger partial charge on any atom is -0.367 e. The smallest absolute Gasteiger partial charge is 0.272 e. The van der Waals surface area contributed by atoms with Crippen LogP contribution in [-0.2, 0) is 11.8 Å². The number of hydrogen-bond donors (Lipinski definition) is 1. The molecule has 150 valence electrons. The zero-order chi connectivity index (χ0) is 19.6. The van der Waals surface area contributed by atoms with E-state index in [1.54, 1.807) is 16.9 Å². The van der Waals surface area contributed by atoms with E-state index in [4.69, 9.17) is 4.74 Å². The molecule has 1 N–H and O–H groups in total. The van der Waals surface area contributed by atoms with Gasteiger partial charge in [-0.3, -0.25) is 9.48 Å². The fourth-order valence-corrected chi connectivity index (χ4v) is 4.69. The average molecular weight is 383 g/mol. The highest BCUT2D eigenvalue weighted by Crippen LogP contribution is 2.43. The molecule has 0 unspecified atom stereocenters. The number of nitrogens with zero attached hydrogens (tertiary/aromatic N) is 3. The highest BCUT2D eigenvalue weighted by molar-refractivity contribution is 5.92. The molecule has 2 saturated heterocycles. The van der Waals surface area contributed by atoms with Crippen molar-refractivity contribution in [1.82, 2.24) is 20.0 Å². The molecule has 6 heteroatoms. The first kappa shape index (κ1) is 19.2. The molecule has 0 saturated carbocycles. The SMILES string of the molecule is CCN[C@H]1C[C@@H](c2ccccc2)OC2(CCN(C(=O)c3ccnn3C)CC2)C1. The second kappa shape index (κ2) is 8.05. The summed E-state index contributed by atoms with van der Waals surface area (Å²) in [5.74, 6) is 0.0634. The van der Waals surface area contributed by atoms with Gasteiger partial charge < -0.3 is 15.0 Å². The van der Waals surface area contributed by atoms with Crippen molar-refractivity contribution < 1.29 is 9.53 Å². The molecule has 2 aliphatic rings. The molecule has 1 spiro atoms. The number of hydrogen-bond acceptors (Lipinski definition) is 4. The summed E-state index contributed by atoms with van der Waals surface area (Å²) in [5, 5.41) is 7.77. The molecule has 2 aliphatic heterocycles. The molecular weight excluding hydrogens is 352 g/mol. The summed E-state index contributed by atoms with van der Waals surface area (Å²) < 4.78 is 8.37. The van der Waals surface area contributed by atoms with Crippen molar-refractivity contribution >= 4 is 5.91 Å². The zero-order valence-electron chi connectivity index (χ0n) is 16.8. The number of piperidine rings is 1. The van der Waals surface area contributed by atoms with Gasteiger partial charge in [-0.15, -0.1) is 0 Å². The van der Waals surface area contributed by atoms with Crippen LogP contribution in [0.3, 0.4) is 0 Å². The largest absolute Gasteiger partial charge is 0.367 e. The third-order valence-electron chi connectivity index (χ3n) is 6.18. The molecule has 28 heavy (non-hydrogen) atoms. The molecule has 0 aliphatic carbocycles. The molecule has 1 aromatic heterocycles. The fraction of sp³-hybridized carbons (Fsp3) is 0.545. The summed E-state index contributed by atoms with van der Waals surface area (Å²) >= 11 is 0. The Kier molecular flexibility index (Phi) is 5.51. The molecule has 6 nitrogen and oxygen atoms in total. The van der Waals surface area contributed by atoms with Crippen LogP contribution in [0.5, 0.6) is 0 Å². The lowest BCUT2D eigenvalue weighted by molar-refractivity contribution is -0.160. The number of aryl methyl sites for hydroxylation is 1. The van der Waals surface area contributed by atoms with Gasteiger partial charge in [-0.05, 0) is 43.9 Å². The van der Waals surface area contributed by atoms with Crippen LogP contribution in [0, 0.1) is 0 Å². The quantitative estimate of drug-likeness (QED) is 0.883. The van der Waals surface area contributed by atoms with Gasteiger partial charge >= 0.3 is 0 Å². The molecule has 2 atom stereocenters. The van der Waals surface area contributed by atoms with Gasteiger partial charge in [-0.25, -0.2) is 0 Å². The van der Waals surface area contributed by atoms with E-state index in [0.29, 0.717) is 11.7 Å². The standard InChI is InChI=1S/C22H30N4O2/c1-3-23-18-15-20(17-7-5-4-6-8-17)28-22(16-18)10-13-26(14-11-22)21(27)19-9-12-24-25(19)2/h4-9,12,18,20,23H,3,10-11,13-16H2,1-2H3/t18-,20-/m0/s1. The summed E-state index contributed by atoms with van der Waals surface area (Å²) in [7, 11) is 1.81. The number of likely N-dealkylation sites (tertiary alicyclic amines) is 1. The molecule has 1 aromatic carbocycles. The normalized spacial score (nSPS) is 24.4. The number of ether oxygens (including phenoxy) is 1. The number of carbonyl (C=O) groups excluding carboxylic acids is 1. The molecular formula is C22H30N4O2. The number of aromatic nitrogens is 2. The second-order valence-electron chi connectivity index (χ2n) is 8.03. The molecule has 0 radical (unpaired) electrons. The summed E-state index contributed by atoms with van der Waals surface area (Å²) in [6.07, 6.45) is 5.55. The van der Waals surface area contributed by atoms with Gasteiger partial charge in [0.05, 0.1) is 11.7 Å². The van der Waals surface area contributed by atoms with Gasteiger partial charge in [-0.1, -0.05) is 37.3 Å². The van der Waals surface area contributed by atoms with Crippen LogP contribution < -0.4 is 5.32 Å². The van der Waals surface area contributed by atoms with Crippen molar-refractivity contribution in [3.63, 3.8) is 0 Å². The summed E-state index contributed by atoms with van der Waals surface area (Å²) in [5.41, 5.74) is 1.74. The van der Waals surface area contributed by atoms with Gasteiger partial charge in [-0.2, -0.15) is 5.10 Å². The van der Waals surface area contributed by atoms with Crippen molar-refractivity contribution in [3.05, 3.63) is 53.9 Å². The van der Waals surface area contributed by atoms with Crippen LogP contribution in [-0.4, -0.2) is 51.9 Å². The Morgan fingerprint density at radius 3 is 2.64 bits per heavy atom. The van der Waals surface area contributed by atoms with Crippen molar-refractivity contribution in [3.8, 4) is 0 Å². The van der Waals surface area contributed by atoms with Crippen molar-refractivity contribution in [2.75, 3.05) is 19.6 Å².